The average molecular weight is 365 g/mol. The van der Waals surface area contributed by atoms with Crippen LogP contribution in [0.1, 0.15) is 12.8 Å². The number of nitrogens with zero attached hydrogens (tertiary/aromatic N) is 3. The Morgan fingerprint density at radius 3 is 2.56 bits per heavy atom. The number of aromatic nitrogens is 2. The van der Waals surface area contributed by atoms with Crippen LogP contribution in [-0.4, -0.2) is 20.9 Å². The molecule has 7 nitrogen and oxygen atoms in total. The first-order chi connectivity index (χ1) is 13.1. The van der Waals surface area contributed by atoms with Crippen LogP contribution in [-0.2, 0) is 0 Å². The summed E-state index contributed by atoms with van der Waals surface area (Å²) in [4.78, 5) is 19.5. The standard InChI is InChI=1S/C19H16FN5O2/c20-13-6-9-15(17(10-13)25(26)27)22-18-11-16(12-4-2-1-3-5-12)23-19(24-18)21-14-7-8-14/h1-6,9-11,14H,7-8H2,(H2,21,22,23,24). The quantitative estimate of drug-likeness (QED) is 0.493. The van der Waals surface area contributed by atoms with Gasteiger partial charge in [-0.2, -0.15) is 4.98 Å². The van der Waals surface area contributed by atoms with Gasteiger partial charge >= 0.3 is 0 Å². The van der Waals surface area contributed by atoms with Crippen LogP contribution < -0.4 is 10.6 Å². The van der Waals surface area contributed by atoms with Crippen molar-refractivity contribution in [3.63, 3.8) is 0 Å². The third-order valence-electron chi connectivity index (χ3n) is 4.13. The number of hydrogen-bond acceptors (Lipinski definition) is 6. The third-order valence-corrected chi connectivity index (χ3v) is 4.13. The molecule has 1 saturated carbocycles. The van der Waals surface area contributed by atoms with Gasteiger partial charge in [0.2, 0.25) is 5.95 Å². The maximum absolute atomic E-state index is 13.4. The normalized spacial score (nSPS) is 13.2. The topological polar surface area (TPSA) is 93.0 Å². The second-order valence-corrected chi connectivity index (χ2v) is 6.29. The van der Waals surface area contributed by atoms with E-state index in [1.807, 2.05) is 30.3 Å². The lowest BCUT2D eigenvalue weighted by atomic mass is 10.1. The molecule has 0 amide bonds. The van der Waals surface area contributed by atoms with E-state index in [4.69, 9.17) is 0 Å². The molecule has 4 rings (SSSR count). The molecule has 1 heterocycles. The van der Waals surface area contributed by atoms with Gasteiger partial charge in [0.05, 0.1) is 16.7 Å². The number of rotatable bonds is 6. The van der Waals surface area contributed by atoms with Crippen LogP contribution >= 0.6 is 0 Å². The average Bonchev–Trinajstić information content (AvgIpc) is 3.47. The molecule has 0 aliphatic heterocycles. The fourth-order valence-corrected chi connectivity index (χ4v) is 2.64. The van der Waals surface area contributed by atoms with Gasteiger partial charge in [0.1, 0.15) is 17.3 Å². The first kappa shape index (κ1) is 16.9. The van der Waals surface area contributed by atoms with Crippen molar-refractivity contribution in [2.24, 2.45) is 0 Å². The highest BCUT2D eigenvalue weighted by Crippen LogP contribution is 2.30. The van der Waals surface area contributed by atoms with Crippen LogP contribution in [0.25, 0.3) is 11.3 Å². The summed E-state index contributed by atoms with van der Waals surface area (Å²) in [5.41, 5.74) is 1.39. The van der Waals surface area contributed by atoms with Gasteiger partial charge in [-0.05, 0) is 25.0 Å². The minimum absolute atomic E-state index is 0.163. The van der Waals surface area contributed by atoms with Gasteiger partial charge in [0.25, 0.3) is 5.69 Å². The second kappa shape index (κ2) is 6.99. The zero-order chi connectivity index (χ0) is 18.8. The first-order valence-electron chi connectivity index (χ1n) is 8.50. The predicted octanol–water partition coefficient (Wildman–Crippen LogP) is 4.51. The summed E-state index contributed by atoms with van der Waals surface area (Å²) >= 11 is 0. The minimum atomic E-state index is -0.670. The van der Waals surface area contributed by atoms with Crippen LogP contribution in [0, 0.1) is 15.9 Å². The Morgan fingerprint density at radius 2 is 1.85 bits per heavy atom. The summed E-state index contributed by atoms with van der Waals surface area (Å²) in [7, 11) is 0. The van der Waals surface area contributed by atoms with Crippen LogP contribution in [0.3, 0.4) is 0 Å². The van der Waals surface area contributed by atoms with E-state index in [2.05, 4.69) is 20.6 Å². The van der Waals surface area contributed by atoms with Gasteiger partial charge in [-0.3, -0.25) is 10.1 Å². The highest BCUT2D eigenvalue weighted by atomic mass is 19.1. The lowest BCUT2D eigenvalue weighted by Gasteiger charge is -2.11. The van der Waals surface area contributed by atoms with Crippen LogP contribution in [0.2, 0.25) is 0 Å². The largest absolute Gasteiger partial charge is 0.351 e. The Labute approximate surface area is 154 Å². The molecule has 27 heavy (non-hydrogen) atoms. The monoisotopic (exact) mass is 365 g/mol. The minimum Gasteiger partial charge on any atom is -0.351 e. The van der Waals surface area contributed by atoms with Crippen molar-refractivity contribution in [3.05, 3.63) is 70.5 Å². The number of halogens is 1. The van der Waals surface area contributed by atoms with E-state index in [1.165, 1.54) is 6.07 Å². The van der Waals surface area contributed by atoms with E-state index in [-0.39, 0.29) is 11.4 Å². The van der Waals surface area contributed by atoms with E-state index in [1.54, 1.807) is 6.07 Å². The number of anilines is 3. The van der Waals surface area contributed by atoms with E-state index in [0.717, 1.165) is 30.5 Å². The molecule has 8 heteroatoms. The molecule has 0 unspecified atom stereocenters. The molecule has 1 aliphatic carbocycles. The molecule has 0 atom stereocenters. The summed E-state index contributed by atoms with van der Waals surface area (Å²) in [5.74, 6) is 0.170. The van der Waals surface area contributed by atoms with Crippen molar-refractivity contribution in [1.29, 1.82) is 0 Å². The Balaban J connectivity index is 1.72. The fraction of sp³-hybridized carbons (Fsp3) is 0.158. The highest BCUT2D eigenvalue weighted by molar-refractivity contribution is 5.71. The van der Waals surface area contributed by atoms with E-state index >= 15 is 0 Å². The molecule has 1 aliphatic rings. The SMILES string of the molecule is O=[N+]([O-])c1cc(F)ccc1Nc1cc(-c2ccccc2)nc(NC2CC2)n1. The summed E-state index contributed by atoms with van der Waals surface area (Å²) in [6, 6.07) is 15.0. The molecule has 136 valence electrons. The Morgan fingerprint density at radius 1 is 1.07 bits per heavy atom. The molecule has 0 saturated heterocycles. The first-order valence-corrected chi connectivity index (χ1v) is 8.50. The Bertz CT molecular complexity index is 993. The lowest BCUT2D eigenvalue weighted by molar-refractivity contribution is -0.384. The van der Waals surface area contributed by atoms with Gasteiger partial charge in [-0.25, -0.2) is 9.37 Å². The molecule has 0 radical (unpaired) electrons. The fourth-order valence-electron chi connectivity index (χ4n) is 2.64. The zero-order valence-electron chi connectivity index (χ0n) is 14.2. The molecule has 1 aromatic heterocycles. The number of nitro groups is 1. The molecule has 0 spiro atoms. The maximum atomic E-state index is 13.4. The predicted molar refractivity (Wildman–Crippen MR) is 100 cm³/mol. The lowest BCUT2D eigenvalue weighted by Crippen LogP contribution is -2.08. The van der Waals surface area contributed by atoms with Crippen molar-refractivity contribution in [1.82, 2.24) is 9.97 Å². The molecule has 2 N–H and O–H groups in total. The number of nitro benzene ring substituents is 1. The summed E-state index contributed by atoms with van der Waals surface area (Å²) in [6.45, 7) is 0. The Hall–Kier alpha value is -3.55. The number of benzene rings is 2. The Kier molecular flexibility index (Phi) is 4.37. The van der Waals surface area contributed by atoms with E-state index in [9.17, 15) is 14.5 Å². The van der Waals surface area contributed by atoms with Gasteiger partial charge in [0, 0.05) is 17.7 Å². The van der Waals surface area contributed by atoms with Gasteiger partial charge < -0.3 is 10.6 Å². The van der Waals surface area contributed by atoms with Crippen molar-refractivity contribution in [2.45, 2.75) is 18.9 Å². The van der Waals surface area contributed by atoms with Gasteiger partial charge in [-0.15, -0.1) is 0 Å². The van der Waals surface area contributed by atoms with Crippen molar-refractivity contribution in [3.8, 4) is 11.3 Å². The molecule has 3 aromatic rings. The smallest absolute Gasteiger partial charge is 0.295 e. The number of hydrogen-bond donors (Lipinski definition) is 2. The van der Waals surface area contributed by atoms with E-state index < -0.39 is 10.7 Å². The second-order valence-electron chi connectivity index (χ2n) is 6.29. The van der Waals surface area contributed by atoms with Crippen molar-refractivity contribution >= 4 is 23.1 Å². The summed E-state index contributed by atoms with van der Waals surface area (Å²) in [5, 5.41) is 17.4. The molecule has 1 fully saturated rings. The maximum Gasteiger partial charge on any atom is 0.295 e. The van der Waals surface area contributed by atoms with Crippen molar-refractivity contribution < 1.29 is 9.31 Å². The molecule has 0 bridgehead atoms. The van der Waals surface area contributed by atoms with Crippen LogP contribution in [0.4, 0.5) is 27.5 Å². The highest BCUT2D eigenvalue weighted by Gasteiger charge is 2.23. The number of nitrogens with one attached hydrogen (secondary N) is 2. The van der Waals surface area contributed by atoms with E-state index in [0.29, 0.717) is 23.5 Å². The summed E-state index contributed by atoms with van der Waals surface area (Å²) in [6.07, 6.45) is 2.12. The summed E-state index contributed by atoms with van der Waals surface area (Å²) < 4.78 is 13.4. The van der Waals surface area contributed by atoms with Crippen LogP contribution in [0.5, 0.6) is 0 Å². The van der Waals surface area contributed by atoms with Crippen molar-refractivity contribution in [2.75, 3.05) is 10.6 Å². The van der Waals surface area contributed by atoms with Gasteiger partial charge in [0.15, 0.2) is 0 Å². The molecular weight excluding hydrogens is 349 g/mol. The van der Waals surface area contributed by atoms with Crippen LogP contribution in [0.15, 0.2) is 54.6 Å². The third kappa shape index (κ3) is 4.00. The van der Waals surface area contributed by atoms with Gasteiger partial charge in [-0.1, -0.05) is 30.3 Å². The molecule has 2 aromatic carbocycles. The molecular formula is C19H16FN5O2. The zero-order valence-corrected chi connectivity index (χ0v) is 14.2.